The first kappa shape index (κ1) is 12.9. The molecule has 2 N–H and O–H groups in total. The van der Waals surface area contributed by atoms with Crippen molar-refractivity contribution in [3.63, 3.8) is 0 Å². The molecule has 0 bridgehead atoms. The minimum absolute atomic E-state index is 0.0949. The molecule has 4 nitrogen and oxygen atoms in total. The largest absolute Gasteiger partial charge is 0.488 e. The van der Waals surface area contributed by atoms with Crippen LogP contribution in [0.4, 0.5) is 0 Å². The van der Waals surface area contributed by atoms with Gasteiger partial charge < -0.3 is 15.2 Å². The Balaban J connectivity index is 2.19. The molecule has 18 heavy (non-hydrogen) atoms. The lowest BCUT2D eigenvalue weighted by atomic mass is 10.1. The summed E-state index contributed by atoms with van der Waals surface area (Å²) < 4.78 is 5.48. The number of benzene rings is 1. The van der Waals surface area contributed by atoms with Crippen molar-refractivity contribution in [1.29, 1.82) is 0 Å². The van der Waals surface area contributed by atoms with E-state index < -0.39 is 0 Å². The fourth-order valence-electron chi connectivity index (χ4n) is 1.64. The maximum Gasteiger partial charge on any atom is 0.250 e. The standard InChI is InChI=1S/C13H14ClNO3/c1-8(6-16)15-13(17)10-4-9-5-11(14)2-3-12(9)18-7-10/h2-5,8,16H,6-7H2,1H3,(H,15,17)/t8-/m1/s1. The summed E-state index contributed by atoms with van der Waals surface area (Å²) >= 11 is 5.89. The van der Waals surface area contributed by atoms with Crippen molar-refractivity contribution in [2.24, 2.45) is 0 Å². The van der Waals surface area contributed by atoms with Crippen molar-refractivity contribution in [3.05, 3.63) is 34.4 Å². The van der Waals surface area contributed by atoms with Crippen LogP contribution in [0.3, 0.4) is 0 Å². The second-order valence-electron chi connectivity index (χ2n) is 4.20. The van der Waals surface area contributed by atoms with Crippen LogP contribution >= 0.6 is 11.6 Å². The highest BCUT2D eigenvalue weighted by Crippen LogP contribution is 2.28. The highest BCUT2D eigenvalue weighted by molar-refractivity contribution is 6.30. The number of aliphatic hydroxyl groups excluding tert-OH is 1. The van der Waals surface area contributed by atoms with Crippen molar-refractivity contribution in [1.82, 2.24) is 5.32 Å². The quantitative estimate of drug-likeness (QED) is 0.875. The minimum Gasteiger partial charge on any atom is -0.488 e. The summed E-state index contributed by atoms with van der Waals surface area (Å²) in [6.45, 7) is 1.86. The number of fused-ring (bicyclic) bond motifs is 1. The van der Waals surface area contributed by atoms with Gasteiger partial charge >= 0.3 is 0 Å². The highest BCUT2D eigenvalue weighted by Gasteiger charge is 2.18. The van der Waals surface area contributed by atoms with Crippen LogP contribution in [0.5, 0.6) is 5.75 Å². The van der Waals surface area contributed by atoms with Crippen LogP contribution < -0.4 is 10.1 Å². The van der Waals surface area contributed by atoms with E-state index in [-0.39, 0.29) is 25.2 Å². The Labute approximate surface area is 110 Å². The number of hydrogen-bond acceptors (Lipinski definition) is 3. The Bertz CT molecular complexity index is 499. The zero-order valence-corrected chi connectivity index (χ0v) is 10.7. The summed E-state index contributed by atoms with van der Waals surface area (Å²) in [5, 5.41) is 12.2. The Kier molecular flexibility index (Phi) is 3.89. The number of aliphatic hydroxyl groups is 1. The molecule has 0 aliphatic carbocycles. The van der Waals surface area contributed by atoms with E-state index in [0.29, 0.717) is 16.3 Å². The monoisotopic (exact) mass is 267 g/mol. The van der Waals surface area contributed by atoms with Crippen molar-refractivity contribution in [2.45, 2.75) is 13.0 Å². The molecule has 1 aliphatic rings. The maximum atomic E-state index is 11.9. The Hall–Kier alpha value is -1.52. The minimum atomic E-state index is -0.279. The van der Waals surface area contributed by atoms with Gasteiger partial charge in [-0.25, -0.2) is 0 Å². The summed E-state index contributed by atoms with van der Waals surface area (Å²) in [4.78, 5) is 11.9. The predicted molar refractivity (Wildman–Crippen MR) is 69.6 cm³/mol. The first-order chi connectivity index (χ1) is 8.60. The molecular weight excluding hydrogens is 254 g/mol. The average Bonchev–Trinajstić information content (AvgIpc) is 2.37. The molecule has 1 aliphatic heterocycles. The number of nitrogens with one attached hydrogen (secondary N) is 1. The van der Waals surface area contributed by atoms with E-state index in [4.69, 9.17) is 21.4 Å². The fourth-order valence-corrected chi connectivity index (χ4v) is 1.82. The van der Waals surface area contributed by atoms with Gasteiger partial charge in [-0.3, -0.25) is 4.79 Å². The molecule has 96 valence electrons. The number of amides is 1. The molecule has 1 amide bonds. The third-order valence-corrected chi connectivity index (χ3v) is 2.86. The molecular formula is C13H14ClNO3. The topological polar surface area (TPSA) is 58.6 Å². The Morgan fingerprint density at radius 1 is 1.61 bits per heavy atom. The van der Waals surface area contributed by atoms with Gasteiger partial charge in [0.15, 0.2) is 0 Å². The number of ether oxygens (including phenoxy) is 1. The fraction of sp³-hybridized carbons (Fsp3) is 0.308. The van der Waals surface area contributed by atoms with Crippen LogP contribution in [0.15, 0.2) is 23.8 Å². The van der Waals surface area contributed by atoms with Crippen LogP contribution in [0.25, 0.3) is 6.08 Å². The molecule has 0 saturated heterocycles. The molecule has 5 heteroatoms. The van der Waals surface area contributed by atoms with E-state index in [0.717, 1.165) is 5.56 Å². The lowest BCUT2D eigenvalue weighted by Crippen LogP contribution is -2.37. The number of carbonyl (C=O) groups is 1. The van der Waals surface area contributed by atoms with Crippen molar-refractivity contribution in [3.8, 4) is 5.75 Å². The molecule has 0 aromatic heterocycles. The third kappa shape index (κ3) is 2.83. The van der Waals surface area contributed by atoms with Crippen LogP contribution in [0, 0.1) is 0 Å². The van der Waals surface area contributed by atoms with Crippen LogP contribution in [-0.4, -0.2) is 30.3 Å². The molecule has 0 spiro atoms. The molecule has 1 aromatic rings. The average molecular weight is 268 g/mol. The summed E-state index contributed by atoms with van der Waals surface area (Å²) in [5.41, 5.74) is 1.31. The van der Waals surface area contributed by atoms with E-state index in [1.165, 1.54) is 0 Å². The van der Waals surface area contributed by atoms with Gasteiger partial charge in [0.2, 0.25) is 0 Å². The smallest absolute Gasteiger partial charge is 0.250 e. The molecule has 0 unspecified atom stereocenters. The van der Waals surface area contributed by atoms with Gasteiger partial charge in [0.05, 0.1) is 12.2 Å². The molecule has 0 saturated carbocycles. The molecule has 0 radical (unpaired) electrons. The van der Waals surface area contributed by atoms with Gasteiger partial charge in [-0.1, -0.05) is 11.6 Å². The van der Waals surface area contributed by atoms with Gasteiger partial charge in [-0.2, -0.15) is 0 Å². The first-order valence-electron chi connectivity index (χ1n) is 5.65. The zero-order chi connectivity index (χ0) is 13.1. The normalized spacial score (nSPS) is 15.2. The van der Waals surface area contributed by atoms with E-state index in [1.807, 2.05) is 0 Å². The van der Waals surface area contributed by atoms with E-state index in [2.05, 4.69) is 5.32 Å². The molecule has 1 aromatic carbocycles. The van der Waals surface area contributed by atoms with E-state index >= 15 is 0 Å². The summed E-state index contributed by atoms with van der Waals surface area (Å²) in [5.74, 6) is 0.480. The molecule has 1 atom stereocenters. The van der Waals surface area contributed by atoms with Crippen LogP contribution in [0.2, 0.25) is 5.02 Å². The van der Waals surface area contributed by atoms with Crippen molar-refractivity contribution < 1.29 is 14.6 Å². The molecule has 0 fully saturated rings. The Morgan fingerprint density at radius 2 is 2.39 bits per heavy atom. The molecule has 1 heterocycles. The lowest BCUT2D eigenvalue weighted by Gasteiger charge is -2.19. The summed E-state index contributed by atoms with van der Waals surface area (Å²) in [6.07, 6.45) is 1.75. The van der Waals surface area contributed by atoms with Gasteiger partial charge in [0.25, 0.3) is 5.91 Å². The number of rotatable bonds is 3. The number of hydrogen-bond donors (Lipinski definition) is 2. The second-order valence-corrected chi connectivity index (χ2v) is 4.63. The summed E-state index contributed by atoms with van der Waals surface area (Å²) in [6, 6.07) is 4.99. The zero-order valence-electron chi connectivity index (χ0n) is 9.94. The number of halogens is 1. The highest BCUT2D eigenvalue weighted by atomic mass is 35.5. The SMILES string of the molecule is C[C@H](CO)NC(=O)C1=Cc2cc(Cl)ccc2OC1. The van der Waals surface area contributed by atoms with Gasteiger partial charge in [0, 0.05) is 16.6 Å². The van der Waals surface area contributed by atoms with Crippen molar-refractivity contribution >= 4 is 23.6 Å². The predicted octanol–water partition coefficient (Wildman–Crippen LogP) is 1.61. The van der Waals surface area contributed by atoms with Gasteiger partial charge in [-0.05, 0) is 31.2 Å². The lowest BCUT2D eigenvalue weighted by molar-refractivity contribution is -0.118. The maximum absolute atomic E-state index is 11.9. The second kappa shape index (κ2) is 5.42. The van der Waals surface area contributed by atoms with Gasteiger partial charge in [-0.15, -0.1) is 0 Å². The van der Waals surface area contributed by atoms with Crippen LogP contribution in [0.1, 0.15) is 12.5 Å². The van der Waals surface area contributed by atoms with Gasteiger partial charge in [0.1, 0.15) is 12.4 Å². The summed E-state index contributed by atoms with van der Waals surface area (Å²) in [7, 11) is 0. The van der Waals surface area contributed by atoms with E-state index in [9.17, 15) is 4.79 Å². The third-order valence-electron chi connectivity index (χ3n) is 2.63. The van der Waals surface area contributed by atoms with Crippen LogP contribution in [-0.2, 0) is 4.79 Å². The van der Waals surface area contributed by atoms with E-state index in [1.54, 1.807) is 31.2 Å². The first-order valence-corrected chi connectivity index (χ1v) is 6.02. The molecule has 2 rings (SSSR count). The number of carbonyl (C=O) groups excluding carboxylic acids is 1. The van der Waals surface area contributed by atoms with Crippen molar-refractivity contribution in [2.75, 3.05) is 13.2 Å². The Morgan fingerprint density at radius 3 is 3.11 bits per heavy atom.